The fourth-order valence-electron chi connectivity index (χ4n) is 0.610. The molecule has 1 rings (SSSR count). The molecular weight excluding hydrogens is 152 g/mol. The van der Waals surface area contributed by atoms with Crippen molar-refractivity contribution in [1.29, 1.82) is 0 Å². The van der Waals surface area contributed by atoms with Crippen LogP contribution in [0.2, 0.25) is 5.15 Å². The number of halogens is 1. The molecule has 1 heterocycles. The van der Waals surface area contributed by atoms with Gasteiger partial charge in [0.25, 0.3) is 0 Å². The Kier molecular flexibility index (Phi) is 2.06. The summed E-state index contributed by atoms with van der Waals surface area (Å²) in [5.74, 6) is 1.11. The van der Waals surface area contributed by atoms with Crippen molar-refractivity contribution in [2.24, 2.45) is 0 Å². The Hall–Kier alpha value is -0.830. The highest BCUT2D eigenvalue weighted by atomic mass is 35.5. The van der Waals surface area contributed by atoms with E-state index in [1.807, 2.05) is 0 Å². The van der Waals surface area contributed by atoms with Crippen LogP contribution in [-0.4, -0.2) is 17.1 Å². The number of aromatic nitrogens is 2. The maximum absolute atomic E-state index is 5.60. The number of aryl methyl sites for hydroxylation is 1. The first kappa shape index (κ1) is 7.28. The van der Waals surface area contributed by atoms with Crippen molar-refractivity contribution in [2.75, 3.05) is 7.11 Å². The van der Waals surface area contributed by atoms with Gasteiger partial charge in [-0.2, -0.15) is 4.98 Å². The van der Waals surface area contributed by atoms with Crippen molar-refractivity contribution < 1.29 is 4.74 Å². The van der Waals surface area contributed by atoms with Gasteiger partial charge in [0.2, 0.25) is 5.88 Å². The molecule has 0 atom stereocenters. The minimum atomic E-state index is 0.407. The average molecular weight is 159 g/mol. The van der Waals surface area contributed by atoms with E-state index in [1.165, 1.54) is 7.11 Å². The predicted molar refractivity (Wildman–Crippen MR) is 38.3 cm³/mol. The SMILES string of the molecule is COc1cc(Cl)nc(C)n1. The van der Waals surface area contributed by atoms with E-state index >= 15 is 0 Å². The van der Waals surface area contributed by atoms with Crippen molar-refractivity contribution in [2.45, 2.75) is 6.92 Å². The Morgan fingerprint density at radius 1 is 1.50 bits per heavy atom. The van der Waals surface area contributed by atoms with Crippen LogP contribution in [0.3, 0.4) is 0 Å². The van der Waals surface area contributed by atoms with Gasteiger partial charge >= 0.3 is 0 Å². The van der Waals surface area contributed by atoms with Gasteiger partial charge in [-0.3, -0.25) is 0 Å². The molecule has 0 aliphatic heterocycles. The summed E-state index contributed by atoms with van der Waals surface area (Å²) in [6.45, 7) is 1.76. The van der Waals surface area contributed by atoms with Crippen LogP contribution in [0.4, 0.5) is 0 Å². The van der Waals surface area contributed by atoms with Crippen LogP contribution in [0.1, 0.15) is 5.82 Å². The third-order valence-electron chi connectivity index (χ3n) is 0.992. The molecule has 1 aromatic heterocycles. The zero-order chi connectivity index (χ0) is 7.56. The summed E-state index contributed by atoms with van der Waals surface area (Å²) in [7, 11) is 1.54. The lowest BCUT2D eigenvalue weighted by molar-refractivity contribution is 0.395. The Labute approximate surface area is 64.0 Å². The predicted octanol–water partition coefficient (Wildman–Crippen LogP) is 1.45. The second-order valence-corrected chi connectivity index (χ2v) is 2.17. The molecule has 54 valence electrons. The lowest BCUT2D eigenvalue weighted by atomic mass is 10.6. The average Bonchev–Trinajstić information content (AvgIpc) is 1.85. The molecule has 0 radical (unpaired) electrons. The van der Waals surface area contributed by atoms with Gasteiger partial charge in [0.1, 0.15) is 11.0 Å². The number of rotatable bonds is 1. The highest BCUT2D eigenvalue weighted by molar-refractivity contribution is 6.29. The number of nitrogens with zero attached hydrogens (tertiary/aromatic N) is 2. The summed E-state index contributed by atoms with van der Waals surface area (Å²) >= 11 is 5.60. The van der Waals surface area contributed by atoms with Gasteiger partial charge < -0.3 is 4.74 Å². The van der Waals surface area contributed by atoms with Crippen LogP contribution in [0.25, 0.3) is 0 Å². The van der Waals surface area contributed by atoms with Gasteiger partial charge in [0, 0.05) is 6.07 Å². The smallest absolute Gasteiger partial charge is 0.217 e. The third kappa shape index (κ3) is 1.57. The van der Waals surface area contributed by atoms with E-state index in [4.69, 9.17) is 16.3 Å². The summed E-state index contributed by atoms with van der Waals surface area (Å²) in [5.41, 5.74) is 0. The monoisotopic (exact) mass is 158 g/mol. The second-order valence-electron chi connectivity index (χ2n) is 1.78. The van der Waals surface area contributed by atoms with Crippen molar-refractivity contribution in [1.82, 2.24) is 9.97 Å². The van der Waals surface area contributed by atoms with Crippen molar-refractivity contribution in [3.63, 3.8) is 0 Å². The van der Waals surface area contributed by atoms with Gasteiger partial charge in [-0.1, -0.05) is 11.6 Å². The zero-order valence-corrected chi connectivity index (χ0v) is 6.51. The highest BCUT2D eigenvalue weighted by Crippen LogP contribution is 2.11. The van der Waals surface area contributed by atoms with Crippen LogP contribution in [-0.2, 0) is 0 Å². The molecule has 0 aliphatic carbocycles. The molecule has 0 saturated carbocycles. The standard InChI is InChI=1S/C6H7ClN2O/c1-4-8-5(7)3-6(9-4)10-2/h3H,1-2H3. The molecular formula is C6H7ClN2O. The Morgan fingerprint density at radius 2 is 2.20 bits per heavy atom. The first-order chi connectivity index (χ1) is 4.72. The first-order valence-electron chi connectivity index (χ1n) is 2.77. The Bertz CT molecular complexity index is 219. The molecule has 0 unspecified atom stereocenters. The Morgan fingerprint density at radius 3 is 2.70 bits per heavy atom. The van der Waals surface area contributed by atoms with Crippen LogP contribution < -0.4 is 4.74 Å². The van der Waals surface area contributed by atoms with Crippen LogP contribution in [0.5, 0.6) is 5.88 Å². The van der Waals surface area contributed by atoms with E-state index in [9.17, 15) is 0 Å². The molecule has 0 N–H and O–H groups in total. The van der Waals surface area contributed by atoms with E-state index in [0.717, 1.165) is 0 Å². The maximum Gasteiger partial charge on any atom is 0.217 e. The number of hydrogen-bond acceptors (Lipinski definition) is 3. The normalized spacial score (nSPS) is 9.50. The van der Waals surface area contributed by atoms with Gasteiger partial charge in [-0.05, 0) is 6.92 Å². The van der Waals surface area contributed by atoms with Gasteiger partial charge in [-0.25, -0.2) is 4.98 Å². The molecule has 10 heavy (non-hydrogen) atoms. The van der Waals surface area contributed by atoms with Crippen molar-refractivity contribution in [3.05, 3.63) is 17.0 Å². The van der Waals surface area contributed by atoms with E-state index in [2.05, 4.69) is 9.97 Å². The molecule has 1 aromatic rings. The molecule has 0 aromatic carbocycles. The van der Waals surface area contributed by atoms with E-state index < -0.39 is 0 Å². The van der Waals surface area contributed by atoms with Gasteiger partial charge in [-0.15, -0.1) is 0 Å². The number of methoxy groups -OCH3 is 1. The quantitative estimate of drug-likeness (QED) is 0.581. The topological polar surface area (TPSA) is 35.0 Å². The van der Waals surface area contributed by atoms with Crippen LogP contribution >= 0.6 is 11.6 Å². The summed E-state index contributed by atoms with van der Waals surface area (Å²) in [4.78, 5) is 7.79. The zero-order valence-electron chi connectivity index (χ0n) is 5.76. The lowest BCUT2D eigenvalue weighted by Crippen LogP contribution is -1.92. The largest absolute Gasteiger partial charge is 0.481 e. The van der Waals surface area contributed by atoms with Crippen molar-refractivity contribution in [3.8, 4) is 5.88 Å². The first-order valence-corrected chi connectivity index (χ1v) is 3.15. The number of ether oxygens (including phenoxy) is 1. The van der Waals surface area contributed by atoms with E-state index in [0.29, 0.717) is 16.9 Å². The molecule has 3 nitrogen and oxygen atoms in total. The minimum absolute atomic E-state index is 0.407. The van der Waals surface area contributed by atoms with E-state index in [-0.39, 0.29) is 0 Å². The summed E-state index contributed by atoms with van der Waals surface area (Å²) in [6, 6.07) is 1.56. The molecule has 0 bridgehead atoms. The number of hydrogen-bond donors (Lipinski definition) is 0. The fourth-order valence-corrected chi connectivity index (χ4v) is 0.826. The maximum atomic E-state index is 5.60. The Balaban J connectivity index is 3.06. The minimum Gasteiger partial charge on any atom is -0.481 e. The molecule has 0 amide bonds. The highest BCUT2D eigenvalue weighted by Gasteiger charge is 1.96. The summed E-state index contributed by atoms with van der Waals surface area (Å²) in [6.07, 6.45) is 0. The van der Waals surface area contributed by atoms with E-state index in [1.54, 1.807) is 13.0 Å². The molecule has 0 fully saturated rings. The molecule has 0 aliphatic rings. The second kappa shape index (κ2) is 2.84. The molecule has 0 saturated heterocycles. The van der Waals surface area contributed by atoms with Crippen molar-refractivity contribution >= 4 is 11.6 Å². The molecule has 4 heteroatoms. The summed E-state index contributed by atoms with van der Waals surface area (Å²) < 4.78 is 4.84. The third-order valence-corrected chi connectivity index (χ3v) is 1.19. The van der Waals surface area contributed by atoms with Crippen LogP contribution in [0, 0.1) is 6.92 Å². The van der Waals surface area contributed by atoms with Crippen LogP contribution in [0.15, 0.2) is 6.07 Å². The lowest BCUT2D eigenvalue weighted by Gasteiger charge is -1.98. The van der Waals surface area contributed by atoms with Gasteiger partial charge in [0.05, 0.1) is 7.11 Å². The van der Waals surface area contributed by atoms with Gasteiger partial charge in [0.15, 0.2) is 0 Å². The molecule has 0 spiro atoms. The summed E-state index contributed by atoms with van der Waals surface area (Å²) in [5, 5.41) is 0.407. The fraction of sp³-hybridized carbons (Fsp3) is 0.333.